The van der Waals surface area contributed by atoms with Crippen LogP contribution in [0.25, 0.3) is 0 Å². The molecule has 2 N–H and O–H groups in total. The van der Waals surface area contributed by atoms with E-state index in [9.17, 15) is 14.4 Å². The van der Waals surface area contributed by atoms with E-state index < -0.39 is 23.4 Å². The lowest BCUT2D eigenvalue weighted by Crippen LogP contribution is -2.45. The number of rotatable bonds is 7. The molecule has 7 heteroatoms. The summed E-state index contributed by atoms with van der Waals surface area (Å²) in [5, 5.41) is 5.41. The third-order valence-corrected chi connectivity index (χ3v) is 4.78. The maximum atomic E-state index is 12.8. The van der Waals surface area contributed by atoms with E-state index in [0.29, 0.717) is 18.5 Å². The highest BCUT2D eigenvalue weighted by molar-refractivity contribution is 6.09. The lowest BCUT2D eigenvalue weighted by Gasteiger charge is -2.21. The highest BCUT2D eigenvalue weighted by Gasteiger charge is 2.47. The van der Waals surface area contributed by atoms with Crippen molar-refractivity contribution in [3.8, 4) is 5.75 Å². The lowest BCUT2D eigenvalue weighted by molar-refractivity contribution is -0.133. The Bertz CT molecular complexity index is 867. The second-order valence-electron chi connectivity index (χ2n) is 6.92. The quantitative estimate of drug-likeness (QED) is 0.722. The van der Waals surface area contributed by atoms with E-state index in [-0.39, 0.29) is 6.54 Å². The van der Waals surface area contributed by atoms with E-state index in [1.54, 1.807) is 38.3 Å². The van der Waals surface area contributed by atoms with Gasteiger partial charge in [-0.25, -0.2) is 4.79 Å². The molecule has 28 heavy (non-hydrogen) atoms. The molecule has 1 heterocycles. The number of urea groups is 1. The average Bonchev–Trinajstić information content (AvgIpc) is 2.91. The molecule has 2 aromatic carbocycles. The van der Waals surface area contributed by atoms with Crippen LogP contribution in [-0.2, 0) is 16.0 Å². The van der Waals surface area contributed by atoms with E-state index in [2.05, 4.69) is 10.6 Å². The Labute approximate surface area is 163 Å². The molecule has 4 amide bonds. The van der Waals surface area contributed by atoms with Gasteiger partial charge >= 0.3 is 6.03 Å². The van der Waals surface area contributed by atoms with Crippen molar-refractivity contribution in [1.29, 1.82) is 0 Å². The molecule has 1 aliphatic heterocycles. The molecule has 0 unspecified atom stereocenters. The number of nitrogens with zero attached hydrogens (tertiary/aromatic N) is 1. The Morgan fingerprint density at radius 3 is 2.43 bits per heavy atom. The van der Waals surface area contributed by atoms with Crippen LogP contribution in [0.5, 0.6) is 5.75 Å². The molecule has 3 rings (SSSR count). The third-order valence-electron chi connectivity index (χ3n) is 4.78. The van der Waals surface area contributed by atoms with Gasteiger partial charge in [0.2, 0.25) is 5.91 Å². The first-order valence-corrected chi connectivity index (χ1v) is 9.03. The Morgan fingerprint density at radius 2 is 1.79 bits per heavy atom. The fraction of sp³-hybridized carbons (Fsp3) is 0.286. The number of hydrogen-bond donors (Lipinski definition) is 2. The smallest absolute Gasteiger partial charge is 0.325 e. The Balaban J connectivity index is 1.60. The number of methoxy groups -OCH3 is 1. The molecule has 7 nitrogen and oxygen atoms in total. The van der Waals surface area contributed by atoms with Crippen molar-refractivity contribution in [3.63, 3.8) is 0 Å². The first-order chi connectivity index (χ1) is 13.4. The number of imide groups is 1. The summed E-state index contributed by atoms with van der Waals surface area (Å²) in [6, 6.07) is 15.9. The predicted octanol–water partition coefficient (Wildman–Crippen LogP) is 2.58. The number of carbonyl (C=O) groups excluding carboxylic acids is 3. The first-order valence-electron chi connectivity index (χ1n) is 9.03. The normalized spacial score (nSPS) is 18.7. The number of benzene rings is 2. The molecular formula is C21H23N3O4. The van der Waals surface area contributed by atoms with E-state index in [1.807, 2.05) is 30.3 Å². The van der Waals surface area contributed by atoms with Gasteiger partial charge in [-0.2, -0.15) is 0 Å². The molecule has 1 fully saturated rings. The molecule has 1 atom stereocenters. The summed E-state index contributed by atoms with van der Waals surface area (Å²) in [5.74, 6) is -0.0564. The monoisotopic (exact) mass is 381 g/mol. The van der Waals surface area contributed by atoms with Crippen molar-refractivity contribution in [1.82, 2.24) is 10.2 Å². The molecule has 0 aromatic heterocycles. The molecule has 1 aliphatic rings. The van der Waals surface area contributed by atoms with Crippen LogP contribution in [0.3, 0.4) is 0 Å². The minimum atomic E-state index is -1.04. The molecule has 2 aromatic rings. The maximum absolute atomic E-state index is 12.8. The number of hydrogen-bond acceptors (Lipinski definition) is 4. The Morgan fingerprint density at radius 1 is 1.11 bits per heavy atom. The zero-order chi connectivity index (χ0) is 20.1. The molecule has 0 bridgehead atoms. The van der Waals surface area contributed by atoms with Gasteiger partial charge in [-0.15, -0.1) is 0 Å². The summed E-state index contributed by atoms with van der Waals surface area (Å²) in [6.07, 6.45) is 1.04. The average molecular weight is 381 g/mol. The number of nitrogens with one attached hydrogen (secondary N) is 2. The SMILES string of the molecule is COc1ccc(CC[C@@]2(C)NC(=O)N(CC(=O)Nc3ccccc3)C2=O)cc1. The third kappa shape index (κ3) is 4.31. The van der Waals surface area contributed by atoms with Crippen molar-refractivity contribution < 1.29 is 19.1 Å². The number of aryl methyl sites for hydroxylation is 1. The van der Waals surface area contributed by atoms with Crippen molar-refractivity contribution in [3.05, 3.63) is 60.2 Å². The minimum Gasteiger partial charge on any atom is -0.497 e. The van der Waals surface area contributed by atoms with Gasteiger partial charge in [0, 0.05) is 5.69 Å². The lowest BCUT2D eigenvalue weighted by atomic mass is 9.93. The largest absolute Gasteiger partial charge is 0.497 e. The number of amides is 4. The summed E-state index contributed by atoms with van der Waals surface area (Å²) < 4.78 is 5.14. The Hall–Kier alpha value is -3.35. The van der Waals surface area contributed by atoms with Crippen molar-refractivity contribution in [2.24, 2.45) is 0 Å². The van der Waals surface area contributed by atoms with Crippen LogP contribution >= 0.6 is 0 Å². The van der Waals surface area contributed by atoms with Crippen LogP contribution in [0.15, 0.2) is 54.6 Å². The second-order valence-corrected chi connectivity index (χ2v) is 6.92. The number of ether oxygens (including phenoxy) is 1. The fourth-order valence-corrected chi connectivity index (χ4v) is 3.11. The number of anilines is 1. The van der Waals surface area contributed by atoms with Gasteiger partial charge < -0.3 is 15.4 Å². The zero-order valence-electron chi connectivity index (χ0n) is 15.9. The van der Waals surface area contributed by atoms with Gasteiger partial charge in [0.15, 0.2) is 0 Å². The van der Waals surface area contributed by atoms with Crippen LogP contribution in [0, 0.1) is 0 Å². The fourth-order valence-electron chi connectivity index (χ4n) is 3.11. The van der Waals surface area contributed by atoms with E-state index in [4.69, 9.17) is 4.74 Å². The van der Waals surface area contributed by atoms with Gasteiger partial charge in [0.1, 0.15) is 17.8 Å². The highest BCUT2D eigenvalue weighted by Crippen LogP contribution is 2.24. The van der Waals surface area contributed by atoms with Crippen LogP contribution in [-0.4, -0.2) is 41.9 Å². The van der Waals surface area contributed by atoms with Gasteiger partial charge in [0.25, 0.3) is 5.91 Å². The van der Waals surface area contributed by atoms with Crippen LogP contribution in [0.1, 0.15) is 18.9 Å². The number of para-hydroxylation sites is 1. The van der Waals surface area contributed by atoms with Crippen LogP contribution < -0.4 is 15.4 Å². The van der Waals surface area contributed by atoms with Crippen LogP contribution in [0.4, 0.5) is 10.5 Å². The van der Waals surface area contributed by atoms with Gasteiger partial charge in [0.05, 0.1) is 7.11 Å². The van der Waals surface area contributed by atoms with Crippen LogP contribution in [0.2, 0.25) is 0 Å². The van der Waals surface area contributed by atoms with Gasteiger partial charge in [-0.1, -0.05) is 30.3 Å². The molecule has 0 spiro atoms. The molecule has 1 saturated heterocycles. The Kier molecular flexibility index (Phi) is 5.63. The van der Waals surface area contributed by atoms with Gasteiger partial charge in [-0.05, 0) is 49.6 Å². The first kappa shape index (κ1) is 19.4. The topological polar surface area (TPSA) is 87.7 Å². The van der Waals surface area contributed by atoms with Crippen molar-refractivity contribution in [2.45, 2.75) is 25.3 Å². The summed E-state index contributed by atoms with van der Waals surface area (Å²) in [5.41, 5.74) is 0.607. The zero-order valence-corrected chi connectivity index (χ0v) is 15.9. The predicted molar refractivity (Wildman–Crippen MR) is 105 cm³/mol. The molecular weight excluding hydrogens is 358 g/mol. The standard InChI is InChI=1S/C21H23N3O4/c1-21(13-12-15-8-10-17(28-2)11-9-15)19(26)24(20(27)23-21)14-18(25)22-16-6-4-3-5-7-16/h3-11H,12-14H2,1-2H3,(H,22,25)(H,23,27)/t21-/m1/s1. The van der Waals surface area contributed by atoms with Crippen molar-refractivity contribution >= 4 is 23.5 Å². The summed E-state index contributed by atoms with van der Waals surface area (Å²) >= 11 is 0. The summed E-state index contributed by atoms with van der Waals surface area (Å²) in [4.78, 5) is 38.2. The molecule has 146 valence electrons. The second kappa shape index (κ2) is 8.12. The molecule has 0 saturated carbocycles. The van der Waals surface area contributed by atoms with E-state index >= 15 is 0 Å². The summed E-state index contributed by atoms with van der Waals surface area (Å²) in [6.45, 7) is 1.36. The summed E-state index contributed by atoms with van der Waals surface area (Å²) in [7, 11) is 1.60. The highest BCUT2D eigenvalue weighted by atomic mass is 16.5. The van der Waals surface area contributed by atoms with E-state index in [1.165, 1.54) is 0 Å². The van der Waals surface area contributed by atoms with Crippen molar-refractivity contribution in [2.75, 3.05) is 19.0 Å². The maximum Gasteiger partial charge on any atom is 0.325 e. The number of carbonyl (C=O) groups is 3. The van der Waals surface area contributed by atoms with E-state index in [0.717, 1.165) is 16.2 Å². The molecule has 0 radical (unpaired) electrons. The minimum absolute atomic E-state index is 0.322. The molecule has 0 aliphatic carbocycles. The van der Waals surface area contributed by atoms with Gasteiger partial charge in [-0.3, -0.25) is 14.5 Å².